The lowest BCUT2D eigenvalue weighted by Gasteiger charge is -2.20. The van der Waals surface area contributed by atoms with Gasteiger partial charge in [0, 0.05) is 12.1 Å². The second kappa shape index (κ2) is 8.25. The number of nitrogens with zero attached hydrogens (tertiary/aromatic N) is 2. The van der Waals surface area contributed by atoms with Gasteiger partial charge in [-0.1, -0.05) is 36.4 Å². The normalized spacial score (nSPS) is 13.2. The van der Waals surface area contributed by atoms with Crippen LogP contribution in [0.2, 0.25) is 0 Å². The van der Waals surface area contributed by atoms with E-state index in [1.165, 1.54) is 0 Å². The molecule has 6 heteroatoms. The van der Waals surface area contributed by atoms with E-state index in [2.05, 4.69) is 10.4 Å². The molecule has 2 aromatic carbocycles. The number of hydrogen-bond donors (Lipinski definition) is 2. The Bertz CT molecular complexity index is 1010. The van der Waals surface area contributed by atoms with Gasteiger partial charge in [0.2, 0.25) is 5.91 Å². The van der Waals surface area contributed by atoms with Gasteiger partial charge in [-0.2, -0.15) is 5.10 Å². The average molecular weight is 379 g/mol. The maximum absolute atomic E-state index is 12.6. The number of rotatable bonds is 7. The molecule has 0 saturated carbocycles. The largest absolute Gasteiger partial charge is 0.481 e. The fraction of sp³-hybridized carbons (Fsp3) is 0.318. The minimum Gasteiger partial charge on any atom is -0.481 e. The van der Waals surface area contributed by atoms with Crippen molar-refractivity contribution in [2.75, 3.05) is 0 Å². The number of aryl methyl sites for hydroxylation is 2. The molecule has 0 bridgehead atoms. The summed E-state index contributed by atoms with van der Waals surface area (Å²) in [6.45, 7) is 5.80. The van der Waals surface area contributed by atoms with Gasteiger partial charge in [0.1, 0.15) is 0 Å². The van der Waals surface area contributed by atoms with Crippen molar-refractivity contribution < 1.29 is 14.7 Å². The van der Waals surface area contributed by atoms with Crippen LogP contribution in [0.25, 0.3) is 10.8 Å². The molecule has 0 spiro atoms. The van der Waals surface area contributed by atoms with Gasteiger partial charge in [-0.25, -0.2) is 0 Å². The Morgan fingerprint density at radius 1 is 1.07 bits per heavy atom. The van der Waals surface area contributed by atoms with Crippen LogP contribution in [-0.4, -0.2) is 26.8 Å². The zero-order valence-corrected chi connectivity index (χ0v) is 16.3. The summed E-state index contributed by atoms with van der Waals surface area (Å²) in [7, 11) is 0. The number of amides is 1. The number of aromatic nitrogens is 2. The number of hydrogen-bond acceptors (Lipinski definition) is 3. The summed E-state index contributed by atoms with van der Waals surface area (Å²) in [6, 6.07) is 14.9. The van der Waals surface area contributed by atoms with Crippen molar-refractivity contribution in [3.05, 3.63) is 65.5 Å². The molecule has 1 heterocycles. The smallest absolute Gasteiger partial charge is 0.305 e. The van der Waals surface area contributed by atoms with E-state index in [9.17, 15) is 14.7 Å². The number of carbonyl (C=O) groups is 2. The Hall–Kier alpha value is -3.15. The van der Waals surface area contributed by atoms with Gasteiger partial charge in [0.25, 0.3) is 0 Å². The second-order valence-electron chi connectivity index (χ2n) is 7.25. The molecular formula is C22H25N3O3. The van der Waals surface area contributed by atoms with Crippen LogP contribution in [0.15, 0.2) is 48.5 Å². The predicted octanol–water partition coefficient (Wildman–Crippen LogP) is 3.94. The summed E-state index contributed by atoms with van der Waals surface area (Å²) >= 11 is 0. The Labute approximate surface area is 164 Å². The highest BCUT2D eigenvalue weighted by atomic mass is 16.4. The summed E-state index contributed by atoms with van der Waals surface area (Å²) in [6.07, 6.45) is 0.0596. The monoisotopic (exact) mass is 379 g/mol. The van der Waals surface area contributed by atoms with Crippen molar-refractivity contribution in [2.24, 2.45) is 0 Å². The van der Waals surface area contributed by atoms with Crippen LogP contribution in [0.5, 0.6) is 0 Å². The molecule has 28 heavy (non-hydrogen) atoms. The fourth-order valence-electron chi connectivity index (χ4n) is 3.55. The summed E-state index contributed by atoms with van der Waals surface area (Å²) in [4.78, 5) is 24.0. The number of carboxylic acid groups (broad SMARTS) is 1. The Kier molecular flexibility index (Phi) is 5.78. The molecule has 0 radical (unpaired) electrons. The van der Waals surface area contributed by atoms with Gasteiger partial charge in [0.15, 0.2) is 0 Å². The lowest BCUT2D eigenvalue weighted by atomic mass is 9.99. The third-order valence-corrected chi connectivity index (χ3v) is 4.83. The molecule has 0 aliphatic heterocycles. The summed E-state index contributed by atoms with van der Waals surface area (Å²) in [5, 5.41) is 18.7. The SMILES string of the molecule is Cc1cc(C)n(C(C)CC(=O)N[C@@H](CC(=O)O)c2ccc3ccccc3c2)n1. The first-order chi connectivity index (χ1) is 13.3. The van der Waals surface area contributed by atoms with Crippen LogP contribution < -0.4 is 5.32 Å². The molecule has 3 aromatic rings. The van der Waals surface area contributed by atoms with Gasteiger partial charge < -0.3 is 10.4 Å². The lowest BCUT2D eigenvalue weighted by Crippen LogP contribution is -2.31. The topological polar surface area (TPSA) is 84.2 Å². The van der Waals surface area contributed by atoms with Crippen LogP contribution in [0.4, 0.5) is 0 Å². The van der Waals surface area contributed by atoms with E-state index in [1.807, 2.05) is 74.0 Å². The maximum Gasteiger partial charge on any atom is 0.305 e. The van der Waals surface area contributed by atoms with E-state index in [4.69, 9.17) is 0 Å². The van der Waals surface area contributed by atoms with Crippen LogP contribution in [-0.2, 0) is 9.59 Å². The number of fused-ring (bicyclic) bond motifs is 1. The van der Waals surface area contributed by atoms with Crippen LogP contribution in [0.1, 0.15) is 48.8 Å². The highest BCUT2D eigenvalue weighted by Crippen LogP contribution is 2.23. The molecule has 6 nitrogen and oxygen atoms in total. The Balaban J connectivity index is 1.76. The van der Waals surface area contributed by atoms with E-state index in [0.29, 0.717) is 0 Å². The van der Waals surface area contributed by atoms with Gasteiger partial charge in [-0.15, -0.1) is 0 Å². The van der Waals surface area contributed by atoms with Crippen molar-refractivity contribution in [2.45, 2.75) is 45.7 Å². The number of carbonyl (C=O) groups excluding carboxylic acids is 1. The van der Waals surface area contributed by atoms with E-state index >= 15 is 0 Å². The zero-order valence-electron chi connectivity index (χ0n) is 16.3. The quantitative estimate of drug-likeness (QED) is 0.651. The summed E-state index contributed by atoms with van der Waals surface area (Å²) in [5.41, 5.74) is 2.69. The van der Waals surface area contributed by atoms with Crippen LogP contribution in [0, 0.1) is 13.8 Å². The molecule has 3 rings (SSSR count). The number of benzene rings is 2. The fourth-order valence-corrected chi connectivity index (χ4v) is 3.55. The van der Waals surface area contributed by atoms with E-state index in [1.54, 1.807) is 0 Å². The van der Waals surface area contributed by atoms with Crippen molar-refractivity contribution in [1.29, 1.82) is 0 Å². The minimum absolute atomic E-state index is 0.115. The lowest BCUT2D eigenvalue weighted by molar-refractivity contribution is -0.137. The molecule has 2 atom stereocenters. The van der Waals surface area contributed by atoms with E-state index < -0.39 is 12.0 Å². The predicted molar refractivity (Wildman–Crippen MR) is 108 cm³/mol. The molecule has 0 saturated heterocycles. The minimum atomic E-state index is -0.954. The number of aliphatic carboxylic acids is 1. The standard InChI is InChI=1S/C22H25N3O3/c1-14-10-15(2)25(24-14)16(3)11-21(26)23-20(13-22(27)28)19-9-8-17-6-4-5-7-18(17)12-19/h4-10,12,16,20H,11,13H2,1-3H3,(H,23,26)(H,27,28)/t16?,20-/m0/s1. The van der Waals surface area contributed by atoms with Gasteiger partial charge in [0.05, 0.1) is 24.2 Å². The van der Waals surface area contributed by atoms with Gasteiger partial charge in [-0.05, 0) is 49.2 Å². The molecule has 1 amide bonds. The summed E-state index contributed by atoms with van der Waals surface area (Å²) < 4.78 is 1.83. The Morgan fingerprint density at radius 2 is 1.79 bits per heavy atom. The first-order valence-corrected chi connectivity index (χ1v) is 9.36. The van der Waals surface area contributed by atoms with Crippen molar-refractivity contribution in [1.82, 2.24) is 15.1 Å². The van der Waals surface area contributed by atoms with Crippen molar-refractivity contribution >= 4 is 22.6 Å². The maximum atomic E-state index is 12.6. The first-order valence-electron chi connectivity index (χ1n) is 9.36. The molecule has 0 aliphatic carbocycles. The van der Waals surface area contributed by atoms with Gasteiger partial charge in [-0.3, -0.25) is 14.3 Å². The highest BCUT2D eigenvalue weighted by Gasteiger charge is 2.21. The number of carboxylic acids is 1. The second-order valence-corrected chi connectivity index (χ2v) is 7.25. The highest BCUT2D eigenvalue weighted by molar-refractivity contribution is 5.84. The molecule has 146 valence electrons. The third-order valence-electron chi connectivity index (χ3n) is 4.83. The number of nitrogens with one attached hydrogen (secondary N) is 1. The molecule has 2 N–H and O–H groups in total. The molecule has 0 fully saturated rings. The van der Waals surface area contributed by atoms with Crippen molar-refractivity contribution in [3.63, 3.8) is 0 Å². The zero-order chi connectivity index (χ0) is 20.3. The third kappa shape index (κ3) is 4.57. The summed E-state index contributed by atoms with van der Waals surface area (Å²) in [5.74, 6) is -1.15. The van der Waals surface area contributed by atoms with Gasteiger partial charge >= 0.3 is 5.97 Å². The molecule has 1 aromatic heterocycles. The van der Waals surface area contributed by atoms with E-state index in [0.717, 1.165) is 27.7 Å². The molecular weight excluding hydrogens is 354 g/mol. The Morgan fingerprint density at radius 3 is 2.43 bits per heavy atom. The average Bonchev–Trinajstić information content (AvgIpc) is 2.98. The van der Waals surface area contributed by atoms with Crippen LogP contribution in [0.3, 0.4) is 0 Å². The van der Waals surface area contributed by atoms with E-state index in [-0.39, 0.29) is 24.8 Å². The first kappa shape index (κ1) is 19.6. The van der Waals surface area contributed by atoms with Crippen LogP contribution >= 0.6 is 0 Å². The molecule has 1 unspecified atom stereocenters. The molecule has 0 aliphatic rings. The van der Waals surface area contributed by atoms with Crippen molar-refractivity contribution in [3.8, 4) is 0 Å².